The maximum Gasteiger partial charge on any atom is 0.341 e. The van der Waals surface area contributed by atoms with E-state index in [-0.39, 0.29) is 6.10 Å². The molecule has 0 heterocycles. The summed E-state index contributed by atoms with van der Waals surface area (Å²) in [6, 6.07) is 1.63. The molecule has 0 aromatic heterocycles. The number of hydrogen-bond donors (Lipinski definition) is 0. The lowest BCUT2D eigenvalue weighted by molar-refractivity contribution is 0.0312. The van der Waals surface area contributed by atoms with Crippen LogP contribution in [0.5, 0.6) is 0 Å². The summed E-state index contributed by atoms with van der Waals surface area (Å²) < 4.78 is 44.8. The number of ether oxygens (including phenoxy) is 1. The molecule has 0 aliphatic rings. The van der Waals surface area contributed by atoms with Crippen LogP contribution in [-0.2, 0) is 4.74 Å². The van der Waals surface area contributed by atoms with E-state index >= 15 is 0 Å². The van der Waals surface area contributed by atoms with Gasteiger partial charge in [-0.05, 0) is 31.9 Å². The lowest BCUT2D eigenvalue weighted by atomic mass is 10.0. The Bertz CT molecular complexity index is 561. The third-order valence-corrected chi connectivity index (χ3v) is 4.78. The highest BCUT2D eigenvalue weighted by Gasteiger charge is 2.21. The molecule has 0 saturated heterocycles. The van der Waals surface area contributed by atoms with Crippen LogP contribution < -0.4 is 0 Å². The Morgan fingerprint density at radius 2 is 1.37 bits per heavy atom. The Kier molecular flexibility index (Phi) is 11.9. The Morgan fingerprint density at radius 3 is 1.93 bits per heavy atom. The van der Waals surface area contributed by atoms with Crippen molar-refractivity contribution in [1.82, 2.24) is 0 Å². The molecule has 0 fully saturated rings. The second-order valence-corrected chi connectivity index (χ2v) is 7.26. The number of carbonyl (C=O) groups excluding carboxylic acids is 1. The number of benzene rings is 1. The van der Waals surface area contributed by atoms with Gasteiger partial charge in [0.1, 0.15) is 0 Å². The minimum absolute atomic E-state index is 0.386. The molecule has 1 atom stereocenters. The van der Waals surface area contributed by atoms with Gasteiger partial charge in [-0.2, -0.15) is 0 Å². The van der Waals surface area contributed by atoms with E-state index in [1.807, 2.05) is 0 Å². The largest absolute Gasteiger partial charge is 0.459 e. The van der Waals surface area contributed by atoms with Gasteiger partial charge in [0.15, 0.2) is 17.5 Å². The van der Waals surface area contributed by atoms with Crippen LogP contribution in [0.3, 0.4) is 0 Å². The van der Waals surface area contributed by atoms with Gasteiger partial charge in [0, 0.05) is 0 Å². The molecule has 2 nitrogen and oxygen atoms in total. The molecule has 154 valence electrons. The molecule has 1 aromatic rings. The van der Waals surface area contributed by atoms with E-state index in [2.05, 4.69) is 6.92 Å². The standard InChI is InChI=1S/C22H33F3O2/c1-3-4-5-6-7-8-9-10-11-12-13-14-17(2)27-22(26)18-15-16-19(23)21(25)20(18)24/h15-17H,3-14H2,1-2H3. The van der Waals surface area contributed by atoms with Crippen molar-refractivity contribution < 1.29 is 22.7 Å². The second-order valence-electron chi connectivity index (χ2n) is 7.26. The highest BCUT2D eigenvalue weighted by atomic mass is 19.2. The van der Waals surface area contributed by atoms with Crippen molar-refractivity contribution in [3.63, 3.8) is 0 Å². The fourth-order valence-electron chi connectivity index (χ4n) is 3.08. The molecule has 0 radical (unpaired) electrons. The Labute approximate surface area is 161 Å². The van der Waals surface area contributed by atoms with Crippen molar-refractivity contribution in [3.8, 4) is 0 Å². The van der Waals surface area contributed by atoms with Gasteiger partial charge >= 0.3 is 5.97 Å². The Morgan fingerprint density at radius 1 is 0.852 bits per heavy atom. The number of hydrogen-bond acceptors (Lipinski definition) is 2. The smallest absolute Gasteiger partial charge is 0.341 e. The molecular weight excluding hydrogens is 353 g/mol. The molecule has 1 rings (SSSR count). The molecule has 0 aliphatic heterocycles. The average molecular weight is 386 g/mol. The molecular formula is C22H33F3O2. The van der Waals surface area contributed by atoms with Crippen LogP contribution in [0.25, 0.3) is 0 Å². The van der Waals surface area contributed by atoms with Gasteiger partial charge in [-0.25, -0.2) is 18.0 Å². The van der Waals surface area contributed by atoms with Gasteiger partial charge in [-0.15, -0.1) is 0 Å². The molecule has 5 heteroatoms. The normalized spacial score (nSPS) is 12.2. The van der Waals surface area contributed by atoms with Crippen molar-refractivity contribution in [3.05, 3.63) is 35.1 Å². The van der Waals surface area contributed by atoms with Crippen molar-refractivity contribution in [2.45, 2.75) is 97.0 Å². The summed E-state index contributed by atoms with van der Waals surface area (Å²) in [6.45, 7) is 3.95. The third-order valence-electron chi connectivity index (χ3n) is 4.78. The zero-order valence-corrected chi connectivity index (χ0v) is 16.7. The van der Waals surface area contributed by atoms with Crippen molar-refractivity contribution in [1.29, 1.82) is 0 Å². The van der Waals surface area contributed by atoms with Crippen LogP contribution in [0.4, 0.5) is 13.2 Å². The minimum Gasteiger partial charge on any atom is -0.459 e. The van der Waals surface area contributed by atoms with Crippen LogP contribution in [0, 0.1) is 17.5 Å². The molecule has 1 aromatic carbocycles. The molecule has 0 aliphatic carbocycles. The van der Waals surface area contributed by atoms with Crippen LogP contribution >= 0.6 is 0 Å². The SMILES string of the molecule is CCCCCCCCCCCCCC(C)OC(=O)c1ccc(F)c(F)c1F. The van der Waals surface area contributed by atoms with Crippen molar-refractivity contribution >= 4 is 5.97 Å². The van der Waals surface area contributed by atoms with E-state index in [4.69, 9.17) is 4.74 Å². The van der Waals surface area contributed by atoms with Crippen LogP contribution in [0.2, 0.25) is 0 Å². The van der Waals surface area contributed by atoms with Gasteiger partial charge in [0.2, 0.25) is 0 Å². The van der Waals surface area contributed by atoms with Crippen LogP contribution in [0.15, 0.2) is 12.1 Å². The van der Waals surface area contributed by atoms with Gasteiger partial charge in [-0.1, -0.05) is 71.1 Å². The summed E-state index contributed by atoms with van der Waals surface area (Å²) in [6.07, 6.45) is 13.9. The molecule has 0 N–H and O–H groups in total. The lowest BCUT2D eigenvalue weighted by Crippen LogP contribution is -2.17. The van der Waals surface area contributed by atoms with Gasteiger partial charge in [0.25, 0.3) is 0 Å². The predicted molar refractivity (Wildman–Crippen MR) is 102 cm³/mol. The van der Waals surface area contributed by atoms with E-state index in [1.54, 1.807) is 6.92 Å². The quantitative estimate of drug-likeness (QED) is 0.190. The maximum atomic E-state index is 13.6. The first-order valence-corrected chi connectivity index (χ1v) is 10.3. The molecule has 1 unspecified atom stereocenters. The predicted octanol–water partition coefficient (Wildman–Crippen LogP) is 7.35. The van der Waals surface area contributed by atoms with Gasteiger partial charge in [-0.3, -0.25) is 0 Å². The number of halogens is 3. The molecule has 0 bridgehead atoms. The van der Waals surface area contributed by atoms with Crippen molar-refractivity contribution in [2.24, 2.45) is 0 Å². The van der Waals surface area contributed by atoms with E-state index < -0.39 is 29.0 Å². The van der Waals surface area contributed by atoms with Gasteiger partial charge in [0.05, 0.1) is 11.7 Å². The third kappa shape index (κ3) is 9.30. The topological polar surface area (TPSA) is 26.3 Å². The second kappa shape index (κ2) is 13.6. The average Bonchev–Trinajstić information content (AvgIpc) is 2.64. The number of unbranched alkanes of at least 4 members (excludes halogenated alkanes) is 10. The molecule has 27 heavy (non-hydrogen) atoms. The summed E-state index contributed by atoms with van der Waals surface area (Å²) in [5.74, 6) is -5.43. The number of rotatable bonds is 14. The summed E-state index contributed by atoms with van der Waals surface area (Å²) in [5.41, 5.74) is -0.570. The lowest BCUT2D eigenvalue weighted by Gasteiger charge is -2.13. The zero-order chi connectivity index (χ0) is 20.1. The highest BCUT2D eigenvalue weighted by molar-refractivity contribution is 5.89. The first-order chi connectivity index (χ1) is 13.0. The number of esters is 1. The van der Waals surface area contributed by atoms with E-state index in [1.165, 1.54) is 51.4 Å². The van der Waals surface area contributed by atoms with Crippen LogP contribution in [-0.4, -0.2) is 12.1 Å². The van der Waals surface area contributed by atoms with Crippen LogP contribution in [0.1, 0.15) is 101 Å². The monoisotopic (exact) mass is 386 g/mol. The molecule has 0 saturated carbocycles. The first-order valence-electron chi connectivity index (χ1n) is 10.3. The van der Waals surface area contributed by atoms with Gasteiger partial charge < -0.3 is 4.74 Å². The van der Waals surface area contributed by atoms with E-state index in [0.29, 0.717) is 6.42 Å². The fraction of sp³-hybridized carbons (Fsp3) is 0.682. The van der Waals surface area contributed by atoms with E-state index in [0.717, 1.165) is 31.4 Å². The Hall–Kier alpha value is -1.52. The molecule has 0 amide bonds. The fourth-order valence-corrected chi connectivity index (χ4v) is 3.08. The Balaban J connectivity index is 2.11. The summed E-state index contributed by atoms with van der Waals surface area (Å²) in [5, 5.41) is 0. The summed E-state index contributed by atoms with van der Waals surface area (Å²) in [4.78, 5) is 11.9. The summed E-state index contributed by atoms with van der Waals surface area (Å²) in [7, 11) is 0. The maximum absolute atomic E-state index is 13.6. The van der Waals surface area contributed by atoms with Crippen molar-refractivity contribution in [2.75, 3.05) is 0 Å². The minimum atomic E-state index is -1.65. The summed E-state index contributed by atoms with van der Waals surface area (Å²) >= 11 is 0. The molecule has 0 spiro atoms. The highest BCUT2D eigenvalue weighted by Crippen LogP contribution is 2.18. The first kappa shape index (κ1) is 23.5. The zero-order valence-electron chi connectivity index (χ0n) is 16.7. The van der Waals surface area contributed by atoms with E-state index in [9.17, 15) is 18.0 Å². The number of carbonyl (C=O) groups is 1.